The van der Waals surface area contributed by atoms with Gasteiger partial charge in [-0.15, -0.1) is 0 Å². The summed E-state index contributed by atoms with van der Waals surface area (Å²) in [7, 11) is 1.66. The standard InChI is InChI=1S/C12H22N2O3/c1-4-12(2)11(16)13-9-10(15)14(12)7-5-6-8-17-3/h4-9H2,1-3H3,(H,13,16). The Morgan fingerprint density at radius 3 is 2.71 bits per heavy atom. The van der Waals surface area contributed by atoms with Gasteiger partial charge in [0.15, 0.2) is 0 Å². The lowest BCUT2D eigenvalue weighted by molar-refractivity contribution is -0.153. The van der Waals surface area contributed by atoms with Gasteiger partial charge in [0.05, 0.1) is 6.54 Å². The SMILES string of the molecule is CCC1(C)C(=O)NCC(=O)N1CCCCOC. The smallest absolute Gasteiger partial charge is 0.246 e. The molecule has 0 bridgehead atoms. The summed E-state index contributed by atoms with van der Waals surface area (Å²) in [5.74, 6) is -0.0438. The normalized spacial score (nSPS) is 25.0. The van der Waals surface area contributed by atoms with Gasteiger partial charge in [0.25, 0.3) is 0 Å². The summed E-state index contributed by atoms with van der Waals surface area (Å²) in [6.07, 6.45) is 2.40. The van der Waals surface area contributed by atoms with Crippen molar-refractivity contribution in [2.24, 2.45) is 0 Å². The first-order chi connectivity index (χ1) is 8.06. The molecular weight excluding hydrogens is 220 g/mol. The van der Waals surface area contributed by atoms with Crippen molar-refractivity contribution in [3.63, 3.8) is 0 Å². The summed E-state index contributed by atoms with van der Waals surface area (Å²) in [5, 5.41) is 2.65. The molecule has 0 aromatic carbocycles. The summed E-state index contributed by atoms with van der Waals surface area (Å²) in [4.78, 5) is 25.4. The molecular formula is C12H22N2O3. The predicted octanol–water partition coefficient (Wildman–Crippen LogP) is 0.540. The van der Waals surface area contributed by atoms with E-state index in [9.17, 15) is 9.59 Å². The van der Waals surface area contributed by atoms with Crippen molar-refractivity contribution >= 4 is 11.8 Å². The number of nitrogens with zero attached hydrogens (tertiary/aromatic N) is 1. The molecule has 1 saturated heterocycles. The third-order valence-corrected chi connectivity index (χ3v) is 3.45. The molecule has 0 aromatic heterocycles. The fourth-order valence-corrected chi connectivity index (χ4v) is 2.08. The first-order valence-corrected chi connectivity index (χ1v) is 6.14. The van der Waals surface area contributed by atoms with Crippen molar-refractivity contribution in [2.75, 3.05) is 26.8 Å². The number of unbranched alkanes of at least 4 members (excludes halogenated alkanes) is 1. The van der Waals surface area contributed by atoms with Crippen LogP contribution in [-0.4, -0.2) is 49.1 Å². The van der Waals surface area contributed by atoms with Gasteiger partial charge in [0.2, 0.25) is 11.8 Å². The van der Waals surface area contributed by atoms with E-state index in [0.717, 1.165) is 12.8 Å². The Bertz CT molecular complexity index is 293. The molecule has 1 rings (SSSR count). The molecule has 0 spiro atoms. The largest absolute Gasteiger partial charge is 0.385 e. The minimum Gasteiger partial charge on any atom is -0.385 e. The first-order valence-electron chi connectivity index (χ1n) is 6.14. The maximum atomic E-state index is 11.9. The highest BCUT2D eigenvalue weighted by atomic mass is 16.5. The fourth-order valence-electron chi connectivity index (χ4n) is 2.08. The molecule has 5 nitrogen and oxygen atoms in total. The third-order valence-electron chi connectivity index (χ3n) is 3.45. The lowest BCUT2D eigenvalue weighted by Gasteiger charge is -2.43. The van der Waals surface area contributed by atoms with Crippen molar-refractivity contribution in [2.45, 2.75) is 38.6 Å². The summed E-state index contributed by atoms with van der Waals surface area (Å²) in [6.45, 7) is 5.20. The van der Waals surface area contributed by atoms with Gasteiger partial charge >= 0.3 is 0 Å². The Hall–Kier alpha value is -1.10. The van der Waals surface area contributed by atoms with Crippen LogP contribution >= 0.6 is 0 Å². The number of ether oxygens (including phenoxy) is 1. The second-order valence-electron chi connectivity index (χ2n) is 4.56. The average molecular weight is 242 g/mol. The van der Waals surface area contributed by atoms with Crippen LogP contribution < -0.4 is 5.32 Å². The van der Waals surface area contributed by atoms with E-state index in [1.54, 1.807) is 12.0 Å². The Balaban J connectivity index is 2.63. The zero-order chi connectivity index (χ0) is 12.9. The molecule has 1 heterocycles. The second-order valence-corrected chi connectivity index (χ2v) is 4.56. The quantitative estimate of drug-likeness (QED) is 0.692. The summed E-state index contributed by atoms with van der Waals surface area (Å²) in [5.41, 5.74) is -0.692. The van der Waals surface area contributed by atoms with Crippen molar-refractivity contribution in [1.29, 1.82) is 0 Å². The fraction of sp³-hybridized carbons (Fsp3) is 0.833. The van der Waals surface area contributed by atoms with E-state index >= 15 is 0 Å². The Morgan fingerprint density at radius 1 is 1.41 bits per heavy atom. The lowest BCUT2D eigenvalue weighted by Crippen LogP contribution is -2.65. The molecule has 2 amide bonds. The predicted molar refractivity (Wildman–Crippen MR) is 64.5 cm³/mol. The van der Waals surface area contributed by atoms with Gasteiger partial charge < -0.3 is 15.0 Å². The highest BCUT2D eigenvalue weighted by Crippen LogP contribution is 2.23. The van der Waals surface area contributed by atoms with Crippen LogP contribution in [-0.2, 0) is 14.3 Å². The number of amides is 2. The number of rotatable bonds is 6. The van der Waals surface area contributed by atoms with Gasteiger partial charge in [0.1, 0.15) is 5.54 Å². The number of nitrogens with one attached hydrogen (secondary N) is 1. The summed E-state index contributed by atoms with van der Waals surface area (Å²) >= 11 is 0. The van der Waals surface area contributed by atoms with E-state index < -0.39 is 5.54 Å². The number of carbonyl (C=O) groups excluding carboxylic acids is 2. The molecule has 5 heteroatoms. The van der Waals surface area contributed by atoms with E-state index in [-0.39, 0.29) is 18.4 Å². The van der Waals surface area contributed by atoms with E-state index in [1.807, 2.05) is 13.8 Å². The number of methoxy groups -OCH3 is 1. The molecule has 98 valence electrons. The van der Waals surface area contributed by atoms with Crippen LogP contribution in [0, 0.1) is 0 Å². The van der Waals surface area contributed by atoms with Crippen molar-refractivity contribution in [3.8, 4) is 0 Å². The van der Waals surface area contributed by atoms with E-state index in [2.05, 4.69) is 5.32 Å². The molecule has 1 atom stereocenters. The Kier molecular flexibility index (Phi) is 4.93. The van der Waals surface area contributed by atoms with Gasteiger partial charge in [-0.05, 0) is 26.2 Å². The maximum Gasteiger partial charge on any atom is 0.246 e. The van der Waals surface area contributed by atoms with Crippen LogP contribution in [0.3, 0.4) is 0 Å². The zero-order valence-corrected chi connectivity index (χ0v) is 10.9. The van der Waals surface area contributed by atoms with Crippen LogP contribution in [0.25, 0.3) is 0 Å². The van der Waals surface area contributed by atoms with E-state index in [1.165, 1.54) is 0 Å². The topological polar surface area (TPSA) is 58.6 Å². The lowest BCUT2D eigenvalue weighted by atomic mass is 9.92. The molecule has 0 radical (unpaired) electrons. The molecule has 1 fully saturated rings. The highest BCUT2D eigenvalue weighted by Gasteiger charge is 2.43. The van der Waals surface area contributed by atoms with Gasteiger partial charge in [0, 0.05) is 20.3 Å². The van der Waals surface area contributed by atoms with Gasteiger partial charge in [-0.1, -0.05) is 6.92 Å². The Labute approximate surface area is 102 Å². The van der Waals surface area contributed by atoms with Crippen LogP contribution in [0.4, 0.5) is 0 Å². The van der Waals surface area contributed by atoms with Crippen LogP contribution in [0.15, 0.2) is 0 Å². The minimum absolute atomic E-state index is 0.00590. The average Bonchev–Trinajstić information content (AvgIpc) is 2.33. The van der Waals surface area contributed by atoms with Gasteiger partial charge in [-0.25, -0.2) is 0 Å². The Morgan fingerprint density at radius 2 is 2.12 bits per heavy atom. The molecule has 1 aliphatic rings. The van der Waals surface area contributed by atoms with Crippen LogP contribution in [0.2, 0.25) is 0 Å². The van der Waals surface area contributed by atoms with Crippen LogP contribution in [0.1, 0.15) is 33.1 Å². The zero-order valence-electron chi connectivity index (χ0n) is 10.9. The van der Waals surface area contributed by atoms with Crippen LogP contribution in [0.5, 0.6) is 0 Å². The molecule has 1 aliphatic heterocycles. The third kappa shape index (κ3) is 2.97. The van der Waals surface area contributed by atoms with E-state index in [4.69, 9.17) is 4.74 Å². The summed E-state index contributed by atoms with van der Waals surface area (Å²) < 4.78 is 4.97. The highest BCUT2D eigenvalue weighted by molar-refractivity contribution is 5.97. The molecule has 1 unspecified atom stereocenters. The number of carbonyl (C=O) groups is 2. The van der Waals surface area contributed by atoms with Gasteiger partial charge in [-0.3, -0.25) is 9.59 Å². The summed E-state index contributed by atoms with van der Waals surface area (Å²) in [6, 6.07) is 0. The number of hydrogen-bond acceptors (Lipinski definition) is 3. The molecule has 1 N–H and O–H groups in total. The van der Waals surface area contributed by atoms with Crippen molar-refractivity contribution in [3.05, 3.63) is 0 Å². The van der Waals surface area contributed by atoms with Crippen molar-refractivity contribution < 1.29 is 14.3 Å². The van der Waals surface area contributed by atoms with Crippen molar-refractivity contribution in [1.82, 2.24) is 10.2 Å². The molecule has 0 aliphatic carbocycles. The minimum atomic E-state index is -0.692. The monoisotopic (exact) mass is 242 g/mol. The first kappa shape index (κ1) is 14.0. The van der Waals surface area contributed by atoms with Gasteiger partial charge in [-0.2, -0.15) is 0 Å². The number of hydrogen-bond donors (Lipinski definition) is 1. The second kappa shape index (κ2) is 6.00. The molecule has 17 heavy (non-hydrogen) atoms. The molecule has 0 aromatic rings. The molecule has 0 saturated carbocycles. The van der Waals surface area contributed by atoms with E-state index in [0.29, 0.717) is 19.6 Å². The number of piperazine rings is 1. The maximum absolute atomic E-state index is 11.9.